The number of ether oxygens (including phenoxy) is 2. The number of carbonyl (C=O) groups is 2. The van der Waals surface area contributed by atoms with Gasteiger partial charge in [0.2, 0.25) is 0 Å². The second-order valence-corrected chi connectivity index (χ2v) is 17.6. The number of hydrogen-bond acceptors (Lipinski definition) is 12. The lowest BCUT2D eigenvalue weighted by atomic mass is 9.94. The second kappa shape index (κ2) is 16.0. The van der Waals surface area contributed by atoms with Crippen LogP contribution in [0.5, 0.6) is 0 Å². The minimum Gasteiger partial charge on any atom is -0.444 e. The molecule has 6 aromatic heterocycles. The Morgan fingerprint density at radius 3 is 1.71 bits per heavy atom. The standard InChI is InChI=1S/C20H26ClN7O2.C20H27N7O2/c1-20(2,3)30-19(29)27-7-5-6-12(11-27)16-15(21)17(22)28-18(25-16)14(9-24-28)13-8-23-26(4)10-13;1-20(2,3)29-19(28)26-7-5-6-13(12-26)16-8-17(21)27-18(24-16)15(10-23-27)14-9-22-25(4)11-14/h8-10,12H,5-7,11,22H2,1-4H3;8-11,13H,5-7,12,21H2,1-4H3. The summed E-state index contributed by atoms with van der Waals surface area (Å²) in [7, 11) is 3.72. The zero-order valence-corrected chi connectivity index (χ0v) is 35.6. The normalized spacial score (nSPS) is 17.6. The molecule has 2 fully saturated rings. The maximum Gasteiger partial charge on any atom is 0.410 e. The summed E-state index contributed by atoms with van der Waals surface area (Å²) in [5.74, 6) is 0.915. The largest absolute Gasteiger partial charge is 0.444 e. The van der Waals surface area contributed by atoms with E-state index in [2.05, 4.69) is 20.4 Å². The molecular weight excluding hydrogens is 776 g/mol. The van der Waals surface area contributed by atoms with Crippen LogP contribution >= 0.6 is 11.6 Å². The van der Waals surface area contributed by atoms with Crippen molar-refractivity contribution in [1.29, 1.82) is 0 Å². The van der Waals surface area contributed by atoms with Gasteiger partial charge in [-0.25, -0.2) is 19.6 Å². The lowest BCUT2D eigenvalue weighted by molar-refractivity contribution is 0.0187. The topological polar surface area (TPSA) is 207 Å². The molecule has 0 aromatic carbocycles. The van der Waals surface area contributed by atoms with Gasteiger partial charge in [-0.3, -0.25) is 9.36 Å². The Labute approximate surface area is 347 Å². The summed E-state index contributed by atoms with van der Waals surface area (Å²) in [6.07, 6.45) is 13.8. The van der Waals surface area contributed by atoms with Crippen molar-refractivity contribution in [2.75, 3.05) is 37.6 Å². The smallest absolute Gasteiger partial charge is 0.410 e. The number of aromatic nitrogens is 10. The van der Waals surface area contributed by atoms with Crippen LogP contribution in [0.15, 0.2) is 43.2 Å². The SMILES string of the molecule is Cn1cc(-c2cnn3c(N)c(Cl)c(C4CCCN(C(=O)OC(C)(C)C)C4)nc23)cn1.Cn1cc(-c2cnn3c(N)cc(C4CCCN(C(=O)OC(C)(C)C)C4)nc23)cn1. The van der Waals surface area contributed by atoms with Crippen molar-refractivity contribution in [3.8, 4) is 22.3 Å². The Morgan fingerprint density at radius 1 is 0.712 bits per heavy atom. The van der Waals surface area contributed by atoms with Crippen LogP contribution in [0.1, 0.15) is 90.4 Å². The molecule has 59 heavy (non-hydrogen) atoms. The number of carbonyl (C=O) groups excluding carboxylic acids is 2. The predicted octanol–water partition coefficient (Wildman–Crippen LogP) is 6.31. The molecule has 2 aliphatic heterocycles. The Balaban J connectivity index is 0.000000179. The fourth-order valence-electron chi connectivity index (χ4n) is 7.43. The molecule has 18 nitrogen and oxygen atoms in total. The summed E-state index contributed by atoms with van der Waals surface area (Å²) in [5, 5.41) is 17.6. The minimum absolute atomic E-state index is 0.0392. The lowest BCUT2D eigenvalue weighted by Gasteiger charge is -2.34. The van der Waals surface area contributed by atoms with E-state index in [1.807, 2.05) is 74.1 Å². The zero-order chi connectivity index (χ0) is 42.4. The number of halogens is 1. The molecule has 0 bridgehead atoms. The summed E-state index contributed by atoms with van der Waals surface area (Å²) >= 11 is 6.60. The molecule has 2 unspecified atom stereocenters. The molecule has 314 valence electrons. The molecule has 8 heterocycles. The molecule has 0 radical (unpaired) electrons. The minimum atomic E-state index is -0.542. The van der Waals surface area contributed by atoms with Gasteiger partial charge in [0, 0.05) is 92.8 Å². The van der Waals surface area contributed by atoms with Crippen LogP contribution in [0.25, 0.3) is 33.5 Å². The van der Waals surface area contributed by atoms with Gasteiger partial charge in [-0.2, -0.15) is 29.4 Å². The molecule has 0 aliphatic carbocycles. The van der Waals surface area contributed by atoms with E-state index in [9.17, 15) is 9.59 Å². The first-order chi connectivity index (χ1) is 27.8. The number of anilines is 2. The van der Waals surface area contributed by atoms with Crippen molar-refractivity contribution in [3.63, 3.8) is 0 Å². The first-order valence-corrected chi connectivity index (χ1v) is 20.1. The van der Waals surface area contributed by atoms with Gasteiger partial charge >= 0.3 is 12.2 Å². The molecule has 6 aromatic rings. The third-order valence-corrected chi connectivity index (χ3v) is 10.5. The van der Waals surface area contributed by atoms with Crippen molar-refractivity contribution in [2.45, 2.75) is 90.3 Å². The summed E-state index contributed by atoms with van der Waals surface area (Å²) < 4.78 is 17.7. The first kappa shape index (κ1) is 41.3. The first-order valence-electron chi connectivity index (χ1n) is 19.8. The van der Waals surface area contributed by atoms with Gasteiger partial charge in [0.1, 0.15) is 27.9 Å². The van der Waals surface area contributed by atoms with Crippen molar-refractivity contribution >= 4 is 46.7 Å². The fourth-order valence-corrected chi connectivity index (χ4v) is 7.71. The van der Waals surface area contributed by atoms with Crippen LogP contribution in [-0.4, -0.2) is 108 Å². The summed E-state index contributed by atoms with van der Waals surface area (Å²) in [6.45, 7) is 13.6. The average Bonchev–Trinajstić information content (AvgIpc) is 3.99. The Morgan fingerprint density at radius 2 is 1.20 bits per heavy atom. The number of nitrogens with zero attached hydrogens (tertiary/aromatic N) is 12. The molecule has 2 amide bonds. The monoisotopic (exact) mass is 828 g/mol. The van der Waals surface area contributed by atoms with Crippen LogP contribution in [0.2, 0.25) is 5.02 Å². The average molecular weight is 829 g/mol. The van der Waals surface area contributed by atoms with Crippen LogP contribution in [-0.2, 0) is 23.6 Å². The van der Waals surface area contributed by atoms with Gasteiger partial charge in [-0.05, 0) is 67.2 Å². The van der Waals surface area contributed by atoms with E-state index in [1.165, 1.54) is 0 Å². The van der Waals surface area contributed by atoms with Gasteiger partial charge in [-0.1, -0.05) is 11.6 Å². The number of amides is 2. The lowest BCUT2D eigenvalue weighted by Crippen LogP contribution is -2.42. The molecule has 0 saturated carbocycles. The number of aryl methyl sites for hydroxylation is 2. The maximum absolute atomic E-state index is 12.6. The molecule has 4 N–H and O–H groups in total. The number of nitrogens with two attached hydrogens (primary N) is 2. The highest BCUT2D eigenvalue weighted by atomic mass is 35.5. The highest BCUT2D eigenvalue weighted by Gasteiger charge is 2.32. The van der Waals surface area contributed by atoms with Crippen molar-refractivity contribution in [2.24, 2.45) is 14.1 Å². The highest BCUT2D eigenvalue weighted by molar-refractivity contribution is 6.33. The van der Waals surface area contributed by atoms with Crippen LogP contribution in [0.4, 0.5) is 21.2 Å². The van der Waals surface area contributed by atoms with Gasteiger partial charge in [-0.15, -0.1) is 0 Å². The van der Waals surface area contributed by atoms with Crippen molar-refractivity contribution in [1.82, 2.24) is 58.6 Å². The number of hydrogen-bond donors (Lipinski definition) is 2. The quantitative estimate of drug-likeness (QED) is 0.201. The molecule has 2 aliphatic rings. The number of nitrogen functional groups attached to an aromatic ring is 2. The van der Waals surface area contributed by atoms with E-state index >= 15 is 0 Å². The highest BCUT2D eigenvalue weighted by Crippen LogP contribution is 2.37. The van der Waals surface area contributed by atoms with E-state index in [1.54, 1.807) is 53.0 Å². The van der Waals surface area contributed by atoms with Crippen LogP contribution < -0.4 is 11.5 Å². The van der Waals surface area contributed by atoms with E-state index in [-0.39, 0.29) is 24.0 Å². The summed E-state index contributed by atoms with van der Waals surface area (Å²) in [6, 6.07) is 1.86. The zero-order valence-electron chi connectivity index (χ0n) is 34.9. The number of likely N-dealkylation sites (tertiary alicyclic amines) is 2. The molecule has 2 atom stereocenters. The van der Waals surface area contributed by atoms with Gasteiger partial charge in [0.15, 0.2) is 11.3 Å². The van der Waals surface area contributed by atoms with Crippen LogP contribution in [0.3, 0.4) is 0 Å². The van der Waals surface area contributed by atoms with Crippen molar-refractivity contribution in [3.05, 3.63) is 59.7 Å². The van der Waals surface area contributed by atoms with E-state index < -0.39 is 11.2 Å². The third-order valence-electron chi connectivity index (χ3n) is 10.2. The third kappa shape index (κ3) is 9.06. The van der Waals surface area contributed by atoms with E-state index in [0.717, 1.165) is 53.6 Å². The molecule has 19 heteroatoms. The number of fused-ring (bicyclic) bond motifs is 2. The summed E-state index contributed by atoms with van der Waals surface area (Å²) in [4.78, 5) is 38.3. The van der Waals surface area contributed by atoms with Crippen molar-refractivity contribution < 1.29 is 19.1 Å². The summed E-state index contributed by atoms with van der Waals surface area (Å²) in [5.41, 5.74) is 17.9. The van der Waals surface area contributed by atoms with E-state index in [4.69, 9.17) is 42.5 Å². The fraction of sp³-hybridized carbons (Fsp3) is 0.500. The van der Waals surface area contributed by atoms with Gasteiger partial charge in [0.05, 0.1) is 36.2 Å². The molecular formula is C40H53ClN14O4. The Hall–Kier alpha value is -5.91. The molecule has 0 spiro atoms. The Kier molecular flexibility index (Phi) is 11.2. The van der Waals surface area contributed by atoms with Gasteiger partial charge in [0.25, 0.3) is 0 Å². The molecule has 8 rings (SSSR count). The van der Waals surface area contributed by atoms with Gasteiger partial charge < -0.3 is 30.7 Å². The second-order valence-electron chi connectivity index (χ2n) is 17.2. The predicted molar refractivity (Wildman–Crippen MR) is 224 cm³/mol. The van der Waals surface area contributed by atoms with Crippen LogP contribution in [0, 0.1) is 0 Å². The number of rotatable bonds is 4. The van der Waals surface area contributed by atoms with E-state index in [0.29, 0.717) is 59.8 Å². The maximum atomic E-state index is 12.6. The Bertz CT molecular complexity index is 2490. The number of piperidine rings is 2. The molecule has 2 saturated heterocycles.